The lowest BCUT2D eigenvalue weighted by Crippen LogP contribution is -2.48. The summed E-state index contributed by atoms with van der Waals surface area (Å²) < 4.78 is 7.04. The first-order valence-electron chi connectivity index (χ1n) is 15.3. The van der Waals surface area contributed by atoms with Crippen molar-refractivity contribution in [3.8, 4) is 16.9 Å². The van der Waals surface area contributed by atoms with Crippen LogP contribution in [0, 0.1) is 12.8 Å². The minimum atomic E-state index is -0.335. The Labute approximate surface area is 252 Å². The predicted octanol–water partition coefficient (Wildman–Crippen LogP) is 5.27. The van der Waals surface area contributed by atoms with E-state index in [1.807, 2.05) is 46.3 Å². The maximum Gasteiger partial charge on any atom is 0.258 e. The van der Waals surface area contributed by atoms with Crippen LogP contribution in [0.15, 0.2) is 47.5 Å². The van der Waals surface area contributed by atoms with Gasteiger partial charge in [0.1, 0.15) is 11.5 Å². The normalized spacial score (nSPS) is 16.9. The summed E-state index contributed by atoms with van der Waals surface area (Å²) in [6, 6.07) is 5.63. The van der Waals surface area contributed by atoms with Crippen LogP contribution < -0.4 is 10.2 Å². The fraction of sp³-hybridized carbons (Fsp3) is 0.500. The zero-order valence-corrected chi connectivity index (χ0v) is 25.6. The molecule has 6 rings (SSSR count). The molecule has 1 N–H and O–H groups in total. The number of aromatic nitrogens is 6. The largest absolute Gasteiger partial charge is 0.368 e. The third-order valence-electron chi connectivity index (χ3n) is 8.55. The lowest BCUT2D eigenvalue weighted by atomic mass is 9.89. The van der Waals surface area contributed by atoms with Crippen molar-refractivity contribution < 1.29 is 9.32 Å². The number of amides is 1. The minimum absolute atomic E-state index is 0.211. The Hall–Kier alpha value is -4.12. The highest BCUT2D eigenvalue weighted by Gasteiger charge is 2.23. The summed E-state index contributed by atoms with van der Waals surface area (Å²) in [7, 11) is 0. The second-order valence-electron chi connectivity index (χ2n) is 12.9. The molecule has 1 aliphatic carbocycles. The van der Waals surface area contributed by atoms with Crippen LogP contribution in [0.5, 0.6) is 0 Å². The van der Waals surface area contributed by atoms with Crippen molar-refractivity contribution in [1.29, 1.82) is 0 Å². The van der Waals surface area contributed by atoms with E-state index in [1.54, 1.807) is 23.0 Å². The molecule has 11 nitrogen and oxygen atoms in total. The number of pyridine rings is 2. The summed E-state index contributed by atoms with van der Waals surface area (Å²) in [6.07, 6.45) is 14.1. The highest BCUT2D eigenvalue weighted by Crippen LogP contribution is 2.28. The highest BCUT2D eigenvalue weighted by molar-refractivity contribution is 6.03. The molecule has 1 saturated carbocycles. The van der Waals surface area contributed by atoms with Crippen LogP contribution in [-0.2, 0) is 5.41 Å². The number of aryl methyl sites for hydroxylation is 1. The summed E-state index contributed by atoms with van der Waals surface area (Å²) >= 11 is 0. The van der Waals surface area contributed by atoms with Gasteiger partial charge in [-0.2, -0.15) is 0 Å². The standard InChI is InChI=1S/C32H41N9O2/c1-22-28(15-25(18-34-22)31(42)35-30-16-29(43-37-30)32(2,3)4)41-21-27(36-38-41)24-14-26(19-33-17-24)40-12-10-39(11-13-40)20-23-8-6-5-7-9-23/h14-19,21,23H,5-13,20H2,1-4H3,(H,35,37,42). The van der Waals surface area contributed by atoms with Crippen molar-refractivity contribution >= 4 is 17.4 Å². The Morgan fingerprint density at radius 2 is 1.81 bits per heavy atom. The molecule has 0 spiro atoms. The molecule has 11 heteroatoms. The van der Waals surface area contributed by atoms with Crippen LogP contribution in [0.25, 0.3) is 16.9 Å². The van der Waals surface area contributed by atoms with Crippen LogP contribution in [0.3, 0.4) is 0 Å². The molecule has 0 aromatic carbocycles. The molecule has 0 unspecified atom stereocenters. The molecule has 1 saturated heterocycles. The maximum absolute atomic E-state index is 13.0. The summed E-state index contributed by atoms with van der Waals surface area (Å²) in [5.41, 5.74) is 4.26. The third-order valence-corrected chi connectivity index (χ3v) is 8.55. The van der Waals surface area contributed by atoms with Crippen molar-refractivity contribution in [2.24, 2.45) is 5.92 Å². The second-order valence-corrected chi connectivity index (χ2v) is 12.9. The van der Waals surface area contributed by atoms with Gasteiger partial charge in [0, 0.05) is 62.2 Å². The van der Waals surface area contributed by atoms with Gasteiger partial charge < -0.3 is 14.7 Å². The van der Waals surface area contributed by atoms with E-state index in [0.717, 1.165) is 49.0 Å². The van der Waals surface area contributed by atoms with Gasteiger partial charge in [-0.05, 0) is 37.8 Å². The van der Waals surface area contributed by atoms with E-state index >= 15 is 0 Å². The van der Waals surface area contributed by atoms with Gasteiger partial charge in [-0.25, -0.2) is 4.68 Å². The minimum Gasteiger partial charge on any atom is -0.368 e. The molecule has 1 aliphatic heterocycles. The number of nitrogens with zero attached hydrogens (tertiary/aromatic N) is 8. The molecule has 5 heterocycles. The Balaban J connectivity index is 1.12. The number of carbonyl (C=O) groups excluding carboxylic acids is 1. The molecule has 43 heavy (non-hydrogen) atoms. The fourth-order valence-corrected chi connectivity index (χ4v) is 5.93. The summed E-state index contributed by atoms with van der Waals surface area (Å²) in [5.74, 6) is 1.59. The molecule has 226 valence electrons. The van der Waals surface area contributed by atoms with E-state index in [-0.39, 0.29) is 11.3 Å². The van der Waals surface area contributed by atoms with Gasteiger partial charge in [-0.1, -0.05) is 50.4 Å². The number of nitrogens with one attached hydrogen (secondary N) is 1. The van der Waals surface area contributed by atoms with Crippen LogP contribution in [0.4, 0.5) is 11.5 Å². The van der Waals surface area contributed by atoms with Crippen LogP contribution >= 0.6 is 0 Å². The molecule has 1 amide bonds. The van der Waals surface area contributed by atoms with Gasteiger partial charge in [0.05, 0.1) is 35.0 Å². The smallest absolute Gasteiger partial charge is 0.258 e. The Kier molecular flexibility index (Phi) is 8.25. The second kappa shape index (κ2) is 12.2. The summed E-state index contributed by atoms with van der Waals surface area (Å²) in [5, 5.41) is 15.6. The zero-order chi connectivity index (χ0) is 30.0. The highest BCUT2D eigenvalue weighted by atomic mass is 16.5. The van der Waals surface area contributed by atoms with Crippen LogP contribution in [-0.4, -0.2) is 73.6 Å². The van der Waals surface area contributed by atoms with Gasteiger partial charge in [0.2, 0.25) is 0 Å². The molecule has 2 fully saturated rings. The van der Waals surface area contributed by atoms with Crippen molar-refractivity contribution in [3.05, 3.63) is 60.0 Å². The number of hydrogen-bond donors (Lipinski definition) is 1. The number of piperazine rings is 1. The van der Waals surface area contributed by atoms with Gasteiger partial charge in [-0.15, -0.1) is 5.10 Å². The van der Waals surface area contributed by atoms with Gasteiger partial charge in [0.25, 0.3) is 5.91 Å². The molecule has 4 aromatic rings. The average Bonchev–Trinajstić information content (AvgIpc) is 3.69. The first kappa shape index (κ1) is 29.0. The van der Waals surface area contributed by atoms with E-state index in [0.29, 0.717) is 28.5 Å². The van der Waals surface area contributed by atoms with Gasteiger partial charge in [0.15, 0.2) is 5.82 Å². The predicted molar refractivity (Wildman–Crippen MR) is 166 cm³/mol. The van der Waals surface area contributed by atoms with E-state index in [9.17, 15) is 4.79 Å². The molecule has 4 aromatic heterocycles. The number of carbonyl (C=O) groups is 1. The van der Waals surface area contributed by atoms with Crippen molar-refractivity contribution in [3.63, 3.8) is 0 Å². The van der Waals surface area contributed by atoms with E-state index in [1.165, 1.54) is 38.6 Å². The monoisotopic (exact) mass is 583 g/mol. The lowest BCUT2D eigenvalue weighted by Gasteiger charge is -2.38. The van der Waals surface area contributed by atoms with E-state index < -0.39 is 0 Å². The number of hydrogen-bond acceptors (Lipinski definition) is 9. The zero-order valence-electron chi connectivity index (χ0n) is 25.6. The Morgan fingerprint density at radius 1 is 1.02 bits per heavy atom. The van der Waals surface area contributed by atoms with E-state index in [2.05, 4.69) is 46.6 Å². The SMILES string of the molecule is Cc1ncc(C(=O)Nc2cc(C(C)(C)C)on2)cc1-n1cc(-c2cncc(N3CCN(CC4CCCCC4)CC3)c2)nn1. The Bertz CT molecular complexity index is 1560. The molecule has 0 atom stereocenters. The molecular weight excluding hydrogens is 542 g/mol. The van der Waals surface area contributed by atoms with E-state index in [4.69, 9.17) is 4.52 Å². The quantitative estimate of drug-likeness (QED) is 0.310. The third kappa shape index (κ3) is 6.77. The lowest BCUT2D eigenvalue weighted by molar-refractivity contribution is 0.102. The topological polar surface area (TPSA) is 118 Å². The molecular formula is C32H41N9O2. The Morgan fingerprint density at radius 3 is 2.56 bits per heavy atom. The van der Waals surface area contributed by atoms with Gasteiger partial charge >= 0.3 is 0 Å². The average molecular weight is 584 g/mol. The molecule has 2 aliphatic rings. The number of anilines is 2. The van der Waals surface area contributed by atoms with Crippen molar-refractivity contribution in [1.82, 2.24) is 35.0 Å². The summed E-state index contributed by atoms with van der Waals surface area (Å²) in [4.78, 5) is 27.0. The summed E-state index contributed by atoms with van der Waals surface area (Å²) in [6.45, 7) is 13.3. The maximum atomic E-state index is 13.0. The first-order chi connectivity index (χ1) is 20.7. The molecule has 0 bridgehead atoms. The van der Waals surface area contributed by atoms with Gasteiger partial charge in [-0.3, -0.25) is 19.7 Å². The van der Waals surface area contributed by atoms with Crippen LogP contribution in [0.2, 0.25) is 0 Å². The fourth-order valence-electron chi connectivity index (χ4n) is 5.93. The van der Waals surface area contributed by atoms with Crippen LogP contribution in [0.1, 0.15) is 74.7 Å². The number of rotatable bonds is 7. The van der Waals surface area contributed by atoms with Crippen molar-refractivity contribution in [2.75, 3.05) is 42.9 Å². The molecule has 0 radical (unpaired) electrons. The van der Waals surface area contributed by atoms with Crippen molar-refractivity contribution in [2.45, 2.75) is 65.2 Å². The first-order valence-corrected chi connectivity index (χ1v) is 15.3.